The Hall–Kier alpha value is -1.26. The van der Waals surface area contributed by atoms with Gasteiger partial charge in [0.05, 0.1) is 19.4 Å². The summed E-state index contributed by atoms with van der Waals surface area (Å²) < 4.78 is 10.8. The topological polar surface area (TPSA) is 41.9 Å². The van der Waals surface area contributed by atoms with E-state index in [2.05, 4.69) is 4.90 Å². The summed E-state index contributed by atoms with van der Waals surface area (Å²) in [7, 11) is 3.73. The van der Waals surface area contributed by atoms with Crippen LogP contribution in [0.3, 0.4) is 0 Å². The van der Waals surface area contributed by atoms with Crippen LogP contribution in [0.4, 0.5) is 5.69 Å². The summed E-state index contributed by atoms with van der Waals surface area (Å²) in [4.78, 5) is 2.17. The van der Waals surface area contributed by atoms with E-state index < -0.39 is 0 Å². The maximum Gasteiger partial charge on any atom is 0.142 e. The molecule has 0 radical (unpaired) electrons. The zero-order valence-corrected chi connectivity index (χ0v) is 11.8. The molecule has 1 aromatic carbocycles. The molecule has 4 heteroatoms. The molecular formula is C15H23NO3. The summed E-state index contributed by atoms with van der Waals surface area (Å²) in [6.07, 6.45) is 1.81. The van der Waals surface area contributed by atoms with Crippen molar-refractivity contribution in [3.63, 3.8) is 0 Å². The molecule has 0 unspecified atom stereocenters. The molecule has 0 atom stereocenters. The first-order valence-electron chi connectivity index (χ1n) is 6.73. The van der Waals surface area contributed by atoms with Crippen molar-refractivity contribution in [2.75, 3.05) is 45.4 Å². The molecule has 2 rings (SSSR count). The number of hydrogen-bond acceptors (Lipinski definition) is 4. The Morgan fingerprint density at radius 1 is 1.32 bits per heavy atom. The fourth-order valence-corrected chi connectivity index (χ4v) is 2.70. The maximum absolute atomic E-state index is 9.75. The highest BCUT2D eigenvalue weighted by Gasteiger charge is 2.33. The largest absolute Gasteiger partial charge is 0.495 e. The van der Waals surface area contributed by atoms with Crippen molar-refractivity contribution >= 4 is 5.69 Å². The number of aliphatic hydroxyl groups excluding tert-OH is 1. The normalized spacial score (nSPS) is 18.1. The highest BCUT2D eigenvalue weighted by molar-refractivity contribution is 5.58. The molecule has 1 aliphatic rings. The Morgan fingerprint density at radius 2 is 2.00 bits per heavy atom. The molecule has 4 nitrogen and oxygen atoms in total. The highest BCUT2D eigenvalue weighted by Crippen LogP contribution is 2.34. The van der Waals surface area contributed by atoms with Crippen molar-refractivity contribution in [2.24, 2.45) is 5.41 Å². The molecule has 1 heterocycles. The maximum atomic E-state index is 9.75. The van der Waals surface area contributed by atoms with Gasteiger partial charge in [-0.05, 0) is 25.0 Å². The SMILES string of the molecule is COc1ccccc1N(C)CC1(CO)CCOCC1. The summed E-state index contributed by atoms with van der Waals surface area (Å²) >= 11 is 0. The number of hydrogen-bond donors (Lipinski definition) is 1. The van der Waals surface area contributed by atoms with Gasteiger partial charge in [0.15, 0.2) is 0 Å². The molecule has 1 aromatic rings. The molecule has 0 saturated carbocycles. The van der Waals surface area contributed by atoms with Gasteiger partial charge in [0.25, 0.3) is 0 Å². The lowest BCUT2D eigenvalue weighted by atomic mass is 9.80. The van der Waals surface area contributed by atoms with Crippen LogP contribution < -0.4 is 9.64 Å². The molecule has 0 bridgehead atoms. The highest BCUT2D eigenvalue weighted by atomic mass is 16.5. The lowest BCUT2D eigenvalue weighted by Crippen LogP contribution is -2.42. The third-order valence-electron chi connectivity index (χ3n) is 3.96. The Labute approximate surface area is 114 Å². The van der Waals surface area contributed by atoms with Crippen LogP contribution in [-0.2, 0) is 4.74 Å². The molecular weight excluding hydrogens is 242 g/mol. The van der Waals surface area contributed by atoms with Crippen molar-refractivity contribution in [1.29, 1.82) is 0 Å². The van der Waals surface area contributed by atoms with Crippen molar-refractivity contribution in [3.05, 3.63) is 24.3 Å². The monoisotopic (exact) mass is 265 g/mol. The fraction of sp³-hybridized carbons (Fsp3) is 0.600. The van der Waals surface area contributed by atoms with E-state index in [1.165, 1.54) is 0 Å². The zero-order valence-electron chi connectivity index (χ0n) is 11.8. The molecule has 106 valence electrons. The van der Waals surface area contributed by atoms with E-state index >= 15 is 0 Å². The third-order valence-corrected chi connectivity index (χ3v) is 3.96. The van der Waals surface area contributed by atoms with Crippen molar-refractivity contribution in [3.8, 4) is 5.75 Å². The minimum Gasteiger partial charge on any atom is -0.495 e. The van der Waals surface area contributed by atoms with Crippen LogP contribution in [-0.4, -0.2) is 45.6 Å². The Kier molecular flexibility index (Phi) is 4.66. The number of benzene rings is 1. The van der Waals surface area contributed by atoms with E-state index in [1.807, 2.05) is 31.3 Å². The van der Waals surface area contributed by atoms with Gasteiger partial charge in [-0.25, -0.2) is 0 Å². The predicted molar refractivity (Wildman–Crippen MR) is 75.8 cm³/mol. The van der Waals surface area contributed by atoms with E-state index in [-0.39, 0.29) is 12.0 Å². The van der Waals surface area contributed by atoms with E-state index in [0.29, 0.717) is 0 Å². The average Bonchev–Trinajstić information content (AvgIpc) is 2.48. The van der Waals surface area contributed by atoms with Crippen LogP contribution in [0, 0.1) is 5.41 Å². The summed E-state index contributed by atoms with van der Waals surface area (Å²) in [5, 5.41) is 9.75. The second-order valence-electron chi connectivity index (χ2n) is 5.30. The van der Waals surface area contributed by atoms with Crippen LogP contribution in [0.2, 0.25) is 0 Å². The predicted octanol–water partition coefficient (Wildman–Crippen LogP) is 1.92. The molecule has 0 amide bonds. The second kappa shape index (κ2) is 6.26. The average molecular weight is 265 g/mol. The number of methoxy groups -OCH3 is 1. The van der Waals surface area contributed by atoms with E-state index in [4.69, 9.17) is 9.47 Å². The van der Waals surface area contributed by atoms with Gasteiger partial charge in [-0.1, -0.05) is 12.1 Å². The van der Waals surface area contributed by atoms with Crippen LogP contribution in [0.25, 0.3) is 0 Å². The van der Waals surface area contributed by atoms with E-state index in [0.717, 1.165) is 44.0 Å². The van der Waals surface area contributed by atoms with Gasteiger partial charge in [0.1, 0.15) is 5.75 Å². The lowest BCUT2D eigenvalue weighted by Gasteiger charge is -2.39. The Balaban J connectivity index is 2.12. The smallest absolute Gasteiger partial charge is 0.142 e. The Bertz CT molecular complexity index is 402. The number of para-hydroxylation sites is 2. The van der Waals surface area contributed by atoms with Gasteiger partial charge in [0, 0.05) is 32.2 Å². The second-order valence-corrected chi connectivity index (χ2v) is 5.30. The number of ether oxygens (including phenoxy) is 2. The van der Waals surface area contributed by atoms with Crippen molar-refractivity contribution < 1.29 is 14.6 Å². The molecule has 1 N–H and O–H groups in total. The Morgan fingerprint density at radius 3 is 2.63 bits per heavy atom. The van der Waals surface area contributed by atoms with Gasteiger partial charge in [-0.2, -0.15) is 0 Å². The molecule has 0 aromatic heterocycles. The van der Waals surface area contributed by atoms with E-state index in [9.17, 15) is 5.11 Å². The first-order chi connectivity index (χ1) is 9.21. The molecule has 19 heavy (non-hydrogen) atoms. The zero-order chi connectivity index (χ0) is 13.7. The van der Waals surface area contributed by atoms with Crippen LogP contribution in [0.15, 0.2) is 24.3 Å². The van der Waals surface area contributed by atoms with Gasteiger partial charge in [-0.3, -0.25) is 0 Å². The number of aliphatic hydroxyl groups is 1. The van der Waals surface area contributed by atoms with Crippen molar-refractivity contribution in [2.45, 2.75) is 12.8 Å². The minimum absolute atomic E-state index is 0.0617. The summed E-state index contributed by atoms with van der Waals surface area (Å²) in [6.45, 7) is 2.49. The van der Waals surface area contributed by atoms with Crippen LogP contribution in [0.5, 0.6) is 5.75 Å². The first-order valence-corrected chi connectivity index (χ1v) is 6.73. The quantitative estimate of drug-likeness (QED) is 0.883. The minimum atomic E-state index is -0.0617. The van der Waals surface area contributed by atoms with Crippen LogP contribution >= 0.6 is 0 Å². The molecule has 0 aliphatic carbocycles. The number of rotatable bonds is 5. The number of anilines is 1. The lowest BCUT2D eigenvalue weighted by molar-refractivity contribution is -0.0113. The summed E-state index contributed by atoms with van der Waals surface area (Å²) in [6, 6.07) is 7.97. The van der Waals surface area contributed by atoms with Gasteiger partial charge >= 0.3 is 0 Å². The molecule has 1 fully saturated rings. The molecule has 1 saturated heterocycles. The summed E-state index contributed by atoms with van der Waals surface area (Å²) in [5.74, 6) is 0.866. The van der Waals surface area contributed by atoms with Gasteiger partial charge in [0.2, 0.25) is 0 Å². The van der Waals surface area contributed by atoms with Gasteiger partial charge < -0.3 is 19.5 Å². The summed E-state index contributed by atoms with van der Waals surface area (Å²) in [5.41, 5.74) is 0.998. The van der Waals surface area contributed by atoms with Gasteiger partial charge in [-0.15, -0.1) is 0 Å². The fourth-order valence-electron chi connectivity index (χ4n) is 2.70. The van der Waals surface area contributed by atoms with Crippen LogP contribution in [0.1, 0.15) is 12.8 Å². The first kappa shape index (κ1) is 14.2. The van der Waals surface area contributed by atoms with Crippen molar-refractivity contribution in [1.82, 2.24) is 0 Å². The third kappa shape index (κ3) is 3.19. The number of nitrogens with zero attached hydrogens (tertiary/aromatic N) is 1. The molecule has 1 aliphatic heterocycles. The van der Waals surface area contributed by atoms with E-state index in [1.54, 1.807) is 7.11 Å². The molecule has 0 spiro atoms. The standard InChI is InChI=1S/C15H23NO3/c1-16(13-5-3-4-6-14(13)18-2)11-15(12-17)7-9-19-10-8-15/h3-6,17H,7-12H2,1-2H3.